The van der Waals surface area contributed by atoms with E-state index < -0.39 is 0 Å². The molecule has 0 aromatic rings. The molecule has 1 aliphatic rings. The third-order valence-electron chi connectivity index (χ3n) is 3.39. The summed E-state index contributed by atoms with van der Waals surface area (Å²) in [7, 11) is 0. The van der Waals surface area contributed by atoms with Gasteiger partial charge < -0.3 is 5.32 Å². The first kappa shape index (κ1) is 11.3. The Morgan fingerprint density at radius 1 is 1.23 bits per heavy atom. The van der Waals surface area contributed by atoms with Gasteiger partial charge in [0.2, 0.25) is 0 Å². The van der Waals surface area contributed by atoms with Crippen LogP contribution in [-0.4, -0.2) is 12.5 Å². The second kappa shape index (κ2) is 5.21. The quantitative estimate of drug-likeness (QED) is 0.546. The highest BCUT2D eigenvalue weighted by Gasteiger charge is 2.29. The molecule has 0 amide bonds. The lowest BCUT2D eigenvalue weighted by molar-refractivity contribution is 0.156. The fourth-order valence-electron chi connectivity index (χ4n) is 2.40. The maximum atomic E-state index is 5.64. The average Bonchev–Trinajstić information content (AvgIpc) is 2.16. The van der Waals surface area contributed by atoms with E-state index in [1.165, 1.54) is 32.1 Å². The molecule has 0 radical (unpaired) electrons. The Bertz CT molecular complexity index is 139. The number of hydrogen-bond acceptors (Lipinski definition) is 1. The molecule has 0 saturated heterocycles. The molecule has 0 aromatic carbocycles. The van der Waals surface area contributed by atoms with E-state index in [1.807, 2.05) is 0 Å². The van der Waals surface area contributed by atoms with Crippen LogP contribution in [-0.2, 0) is 0 Å². The highest BCUT2D eigenvalue weighted by Crippen LogP contribution is 2.37. The van der Waals surface area contributed by atoms with Crippen molar-refractivity contribution in [1.29, 1.82) is 0 Å². The summed E-state index contributed by atoms with van der Waals surface area (Å²) >= 11 is 5.64. The molecular weight excluding hydrogens is 182 g/mol. The Morgan fingerprint density at radius 2 is 1.85 bits per heavy atom. The van der Waals surface area contributed by atoms with Gasteiger partial charge in [0.15, 0.2) is 0 Å². The fourth-order valence-corrected chi connectivity index (χ4v) is 2.49. The summed E-state index contributed by atoms with van der Waals surface area (Å²) in [5, 5.41) is 3.25. The molecule has 1 fully saturated rings. The van der Waals surface area contributed by atoms with Crippen LogP contribution in [0.3, 0.4) is 0 Å². The van der Waals surface area contributed by atoms with Crippen LogP contribution in [0.1, 0.15) is 46.0 Å². The summed E-state index contributed by atoms with van der Waals surface area (Å²) < 4.78 is 0. The lowest BCUT2D eigenvalue weighted by atomic mass is 9.71. The van der Waals surface area contributed by atoms with Gasteiger partial charge in [0.25, 0.3) is 0 Å². The van der Waals surface area contributed by atoms with E-state index in [0.29, 0.717) is 11.4 Å². The molecule has 1 aliphatic carbocycles. The van der Waals surface area contributed by atoms with E-state index in [9.17, 15) is 0 Å². The molecule has 0 bridgehead atoms. The van der Waals surface area contributed by atoms with Crippen molar-refractivity contribution in [2.75, 3.05) is 12.5 Å². The predicted octanol–water partition coefficient (Wildman–Crippen LogP) is 3.38. The van der Waals surface area contributed by atoms with Crippen molar-refractivity contribution in [3.05, 3.63) is 0 Å². The topological polar surface area (TPSA) is 12.0 Å². The van der Waals surface area contributed by atoms with Gasteiger partial charge in [-0.25, -0.2) is 0 Å². The normalized spacial score (nSPS) is 20.5. The van der Waals surface area contributed by atoms with Crippen molar-refractivity contribution in [1.82, 2.24) is 5.32 Å². The maximum Gasteiger partial charge on any atom is 0.0713 e. The number of alkyl halides is 1. The molecular formula is C11H22ClN. The molecule has 13 heavy (non-hydrogen) atoms. The van der Waals surface area contributed by atoms with Gasteiger partial charge in [0.1, 0.15) is 0 Å². The van der Waals surface area contributed by atoms with Gasteiger partial charge in [-0.2, -0.15) is 0 Å². The van der Waals surface area contributed by atoms with Crippen LogP contribution in [0.25, 0.3) is 0 Å². The number of hydrogen-bond donors (Lipinski definition) is 1. The average molecular weight is 204 g/mol. The van der Waals surface area contributed by atoms with E-state index in [-0.39, 0.29) is 0 Å². The van der Waals surface area contributed by atoms with Gasteiger partial charge in [0.05, 0.1) is 6.00 Å². The van der Waals surface area contributed by atoms with Gasteiger partial charge in [-0.3, -0.25) is 0 Å². The fraction of sp³-hybridized carbons (Fsp3) is 1.00. The molecule has 1 saturated carbocycles. The van der Waals surface area contributed by atoms with E-state index >= 15 is 0 Å². The van der Waals surface area contributed by atoms with Crippen LogP contribution >= 0.6 is 11.6 Å². The number of rotatable bonds is 4. The van der Waals surface area contributed by atoms with Crippen LogP contribution in [0.4, 0.5) is 0 Å². The molecule has 0 atom stereocenters. The zero-order valence-electron chi connectivity index (χ0n) is 8.91. The van der Waals surface area contributed by atoms with Gasteiger partial charge in [-0.15, -0.1) is 11.6 Å². The maximum absolute atomic E-state index is 5.64. The van der Waals surface area contributed by atoms with Gasteiger partial charge in [-0.05, 0) is 24.2 Å². The SMILES string of the molecule is CC(C)(CNCCl)C1CCCCC1. The Balaban J connectivity index is 2.36. The Hall–Kier alpha value is 0.250. The summed E-state index contributed by atoms with van der Waals surface area (Å²) in [6.45, 7) is 5.78. The molecule has 1 rings (SSSR count). The van der Waals surface area contributed by atoms with Gasteiger partial charge in [0, 0.05) is 6.54 Å². The Morgan fingerprint density at radius 3 is 2.38 bits per heavy atom. The Kier molecular flexibility index (Phi) is 4.54. The highest BCUT2D eigenvalue weighted by molar-refractivity contribution is 6.17. The largest absolute Gasteiger partial charge is 0.303 e. The molecule has 0 aliphatic heterocycles. The van der Waals surface area contributed by atoms with Crippen molar-refractivity contribution in [2.24, 2.45) is 11.3 Å². The summed E-state index contributed by atoms with van der Waals surface area (Å²) in [5.41, 5.74) is 0.426. The molecule has 0 heterocycles. The first-order chi connectivity index (χ1) is 6.17. The minimum absolute atomic E-state index is 0.426. The van der Waals surface area contributed by atoms with Crippen molar-refractivity contribution in [3.63, 3.8) is 0 Å². The smallest absolute Gasteiger partial charge is 0.0713 e. The van der Waals surface area contributed by atoms with Crippen LogP contribution < -0.4 is 5.32 Å². The third kappa shape index (κ3) is 3.47. The molecule has 0 spiro atoms. The van der Waals surface area contributed by atoms with Crippen LogP contribution in [0.15, 0.2) is 0 Å². The van der Waals surface area contributed by atoms with Crippen LogP contribution in [0.5, 0.6) is 0 Å². The third-order valence-corrected chi connectivity index (χ3v) is 3.57. The summed E-state index contributed by atoms with van der Waals surface area (Å²) in [6, 6.07) is 0.580. The molecule has 1 N–H and O–H groups in total. The predicted molar refractivity (Wildman–Crippen MR) is 59.1 cm³/mol. The lowest BCUT2D eigenvalue weighted by Crippen LogP contribution is -2.36. The van der Waals surface area contributed by atoms with Crippen molar-refractivity contribution in [3.8, 4) is 0 Å². The van der Waals surface area contributed by atoms with Gasteiger partial charge in [-0.1, -0.05) is 33.1 Å². The van der Waals surface area contributed by atoms with Crippen LogP contribution in [0.2, 0.25) is 0 Å². The van der Waals surface area contributed by atoms with Crippen molar-refractivity contribution < 1.29 is 0 Å². The standard InChI is InChI=1S/C11H22ClN/c1-11(2,8-13-9-12)10-6-4-3-5-7-10/h10,13H,3-9H2,1-2H3. The van der Waals surface area contributed by atoms with E-state index in [1.54, 1.807) is 0 Å². The summed E-state index contributed by atoms with van der Waals surface area (Å²) in [6.07, 6.45) is 7.12. The molecule has 2 heteroatoms. The molecule has 1 nitrogen and oxygen atoms in total. The first-order valence-electron chi connectivity index (χ1n) is 5.43. The van der Waals surface area contributed by atoms with E-state index in [4.69, 9.17) is 11.6 Å². The molecule has 0 unspecified atom stereocenters. The summed E-state index contributed by atoms with van der Waals surface area (Å²) in [5.74, 6) is 0.900. The zero-order chi connectivity index (χ0) is 9.73. The molecule has 0 aromatic heterocycles. The van der Waals surface area contributed by atoms with Crippen molar-refractivity contribution in [2.45, 2.75) is 46.0 Å². The zero-order valence-corrected chi connectivity index (χ0v) is 9.66. The second-order valence-corrected chi connectivity index (χ2v) is 5.15. The lowest BCUT2D eigenvalue weighted by Gasteiger charge is -2.37. The number of nitrogens with one attached hydrogen (secondary N) is 1. The first-order valence-corrected chi connectivity index (χ1v) is 5.97. The van der Waals surface area contributed by atoms with Crippen molar-refractivity contribution >= 4 is 11.6 Å². The monoisotopic (exact) mass is 203 g/mol. The van der Waals surface area contributed by atoms with E-state index in [0.717, 1.165) is 12.5 Å². The van der Waals surface area contributed by atoms with Gasteiger partial charge >= 0.3 is 0 Å². The second-order valence-electron chi connectivity index (χ2n) is 4.88. The Labute approximate surface area is 87.2 Å². The van der Waals surface area contributed by atoms with E-state index in [2.05, 4.69) is 19.2 Å². The minimum atomic E-state index is 0.426. The highest BCUT2D eigenvalue weighted by atomic mass is 35.5. The minimum Gasteiger partial charge on any atom is -0.303 e. The summed E-state index contributed by atoms with van der Waals surface area (Å²) in [4.78, 5) is 0. The number of halogens is 1. The van der Waals surface area contributed by atoms with Crippen LogP contribution in [0, 0.1) is 11.3 Å². The molecule has 78 valence electrons.